The Balaban J connectivity index is 2.24. The summed E-state index contributed by atoms with van der Waals surface area (Å²) in [5, 5.41) is 0. The summed E-state index contributed by atoms with van der Waals surface area (Å²) in [5.41, 5.74) is 1.98. The van der Waals surface area contributed by atoms with Crippen LogP contribution in [0.15, 0.2) is 53.6 Å². The fourth-order valence-corrected chi connectivity index (χ4v) is 3.27. The van der Waals surface area contributed by atoms with E-state index in [9.17, 15) is 4.21 Å². The van der Waals surface area contributed by atoms with Crippen molar-refractivity contribution in [3.05, 3.63) is 59.9 Å². The van der Waals surface area contributed by atoms with Crippen molar-refractivity contribution in [1.82, 2.24) is 9.71 Å². The highest BCUT2D eigenvalue weighted by Gasteiger charge is 2.29. The van der Waals surface area contributed by atoms with Gasteiger partial charge in [-0.3, -0.25) is 4.98 Å². The number of hydrogen-bond donors (Lipinski definition) is 1. The number of nitrogens with zero attached hydrogens (tertiary/aromatic N) is 1. The van der Waals surface area contributed by atoms with Crippen LogP contribution in [0, 0.1) is 12.3 Å². The average molecular weight is 302 g/mol. The van der Waals surface area contributed by atoms with Crippen LogP contribution in [0.5, 0.6) is 0 Å². The topological polar surface area (TPSA) is 42.0 Å². The first-order chi connectivity index (χ1) is 9.88. The van der Waals surface area contributed by atoms with Crippen LogP contribution in [0.25, 0.3) is 0 Å². The van der Waals surface area contributed by atoms with Gasteiger partial charge in [0.25, 0.3) is 0 Å². The van der Waals surface area contributed by atoms with Crippen molar-refractivity contribution in [3.63, 3.8) is 0 Å². The Morgan fingerprint density at radius 2 is 1.76 bits per heavy atom. The number of aromatic nitrogens is 1. The summed E-state index contributed by atoms with van der Waals surface area (Å²) in [6, 6.07) is 13.5. The van der Waals surface area contributed by atoms with Crippen LogP contribution in [-0.2, 0) is 11.0 Å². The third-order valence-corrected chi connectivity index (χ3v) is 4.46. The molecule has 0 aliphatic rings. The summed E-state index contributed by atoms with van der Waals surface area (Å²) in [5.74, 6) is 0. The molecule has 1 aromatic carbocycles. The molecule has 1 N–H and O–H groups in total. The molecule has 0 amide bonds. The van der Waals surface area contributed by atoms with E-state index in [1.165, 1.54) is 0 Å². The molecule has 1 unspecified atom stereocenters. The van der Waals surface area contributed by atoms with E-state index in [0.29, 0.717) is 0 Å². The van der Waals surface area contributed by atoms with Crippen molar-refractivity contribution in [3.8, 4) is 0 Å². The predicted octanol–water partition coefficient (Wildman–Crippen LogP) is 3.79. The van der Waals surface area contributed by atoms with Gasteiger partial charge in [-0.25, -0.2) is 8.93 Å². The van der Waals surface area contributed by atoms with Crippen LogP contribution >= 0.6 is 0 Å². The van der Waals surface area contributed by atoms with Gasteiger partial charge < -0.3 is 0 Å². The Labute approximate surface area is 129 Å². The van der Waals surface area contributed by atoms with Crippen LogP contribution in [0.2, 0.25) is 0 Å². The van der Waals surface area contributed by atoms with Gasteiger partial charge in [0, 0.05) is 6.20 Å². The summed E-state index contributed by atoms with van der Waals surface area (Å²) in [7, 11) is -1.26. The summed E-state index contributed by atoms with van der Waals surface area (Å²) >= 11 is 0. The second-order valence-electron chi connectivity index (χ2n) is 6.25. The van der Waals surface area contributed by atoms with Crippen molar-refractivity contribution in [2.45, 2.75) is 38.6 Å². The first-order valence-electron chi connectivity index (χ1n) is 7.03. The first kappa shape index (κ1) is 15.9. The van der Waals surface area contributed by atoms with Gasteiger partial charge in [0.2, 0.25) is 0 Å². The van der Waals surface area contributed by atoms with Gasteiger partial charge in [0.1, 0.15) is 11.0 Å². The SMILES string of the molecule is Cc1ccc(S(=O)N[C@H](c2ccccn2)C(C)(C)C)cc1. The van der Waals surface area contributed by atoms with Gasteiger partial charge in [-0.2, -0.15) is 0 Å². The van der Waals surface area contributed by atoms with Crippen LogP contribution in [0.3, 0.4) is 0 Å². The molecule has 1 heterocycles. The van der Waals surface area contributed by atoms with Crippen molar-refractivity contribution < 1.29 is 4.21 Å². The summed E-state index contributed by atoms with van der Waals surface area (Å²) in [4.78, 5) is 5.19. The lowest BCUT2D eigenvalue weighted by atomic mass is 9.85. The molecule has 4 heteroatoms. The Morgan fingerprint density at radius 1 is 1.10 bits per heavy atom. The summed E-state index contributed by atoms with van der Waals surface area (Å²) in [6.45, 7) is 8.37. The highest BCUT2D eigenvalue weighted by molar-refractivity contribution is 7.83. The number of hydrogen-bond acceptors (Lipinski definition) is 2. The third-order valence-electron chi connectivity index (χ3n) is 3.31. The van der Waals surface area contributed by atoms with Gasteiger partial charge in [0.15, 0.2) is 0 Å². The largest absolute Gasteiger partial charge is 0.260 e. The van der Waals surface area contributed by atoms with E-state index < -0.39 is 11.0 Å². The molecule has 21 heavy (non-hydrogen) atoms. The lowest BCUT2D eigenvalue weighted by Crippen LogP contribution is -2.34. The van der Waals surface area contributed by atoms with Crippen molar-refractivity contribution in [1.29, 1.82) is 0 Å². The molecule has 0 saturated carbocycles. The van der Waals surface area contributed by atoms with Crippen LogP contribution in [0.4, 0.5) is 0 Å². The third kappa shape index (κ3) is 4.22. The smallest absolute Gasteiger partial charge is 0.125 e. The maximum Gasteiger partial charge on any atom is 0.125 e. The molecule has 2 atom stereocenters. The van der Waals surface area contributed by atoms with E-state index in [0.717, 1.165) is 16.2 Å². The highest BCUT2D eigenvalue weighted by Crippen LogP contribution is 2.32. The minimum atomic E-state index is -1.26. The molecule has 112 valence electrons. The van der Waals surface area contributed by atoms with E-state index in [2.05, 4.69) is 30.5 Å². The maximum absolute atomic E-state index is 12.6. The second kappa shape index (κ2) is 6.50. The quantitative estimate of drug-likeness (QED) is 0.933. The number of pyridine rings is 1. The molecule has 0 aliphatic heterocycles. The molecule has 0 bridgehead atoms. The van der Waals surface area contributed by atoms with E-state index in [1.54, 1.807) is 6.20 Å². The van der Waals surface area contributed by atoms with E-state index in [1.807, 2.05) is 49.4 Å². The Morgan fingerprint density at radius 3 is 2.29 bits per heavy atom. The normalized spacial score (nSPS) is 14.7. The minimum absolute atomic E-state index is 0.0826. The summed E-state index contributed by atoms with van der Waals surface area (Å²) in [6.07, 6.45) is 1.77. The van der Waals surface area contributed by atoms with Crippen molar-refractivity contribution >= 4 is 11.0 Å². The molecular weight excluding hydrogens is 280 g/mol. The highest BCUT2D eigenvalue weighted by atomic mass is 32.2. The number of benzene rings is 1. The molecule has 0 saturated heterocycles. The van der Waals surface area contributed by atoms with Crippen LogP contribution in [-0.4, -0.2) is 9.19 Å². The average Bonchev–Trinajstić information content (AvgIpc) is 2.45. The number of nitrogens with one attached hydrogen (secondary N) is 1. The fraction of sp³-hybridized carbons (Fsp3) is 0.353. The molecule has 0 spiro atoms. The summed E-state index contributed by atoms with van der Waals surface area (Å²) < 4.78 is 15.8. The Bertz CT molecular complexity index is 603. The fourth-order valence-electron chi connectivity index (χ4n) is 2.06. The van der Waals surface area contributed by atoms with Crippen molar-refractivity contribution in [2.24, 2.45) is 5.41 Å². The zero-order valence-corrected chi connectivity index (χ0v) is 13.8. The standard InChI is InChI=1S/C17H22N2OS/c1-13-8-10-14(11-9-13)21(20)19-16(17(2,3)4)15-7-5-6-12-18-15/h5-12,16,19H,1-4H3/t16-,21?/m1/s1. The van der Waals surface area contributed by atoms with Gasteiger partial charge in [-0.1, -0.05) is 44.5 Å². The molecule has 0 fully saturated rings. The maximum atomic E-state index is 12.6. The monoisotopic (exact) mass is 302 g/mol. The van der Waals surface area contributed by atoms with Crippen molar-refractivity contribution in [2.75, 3.05) is 0 Å². The van der Waals surface area contributed by atoms with Gasteiger partial charge in [0.05, 0.1) is 16.6 Å². The molecule has 2 aromatic rings. The molecule has 1 aromatic heterocycles. The van der Waals surface area contributed by atoms with Gasteiger partial charge in [-0.15, -0.1) is 0 Å². The number of aryl methyl sites for hydroxylation is 1. The molecule has 0 radical (unpaired) electrons. The minimum Gasteiger partial charge on any atom is -0.260 e. The molecule has 0 aliphatic carbocycles. The Hall–Kier alpha value is -1.52. The Kier molecular flexibility index (Phi) is 4.91. The molecule has 2 rings (SSSR count). The first-order valence-corrected chi connectivity index (χ1v) is 8.18. The number of rotatable bonds is 4. The van der Waals surface area contributed by atoms with Crippen LogP contribution in [0.1, 0.15) is 38.1 Å². The van der Waals surface area contributed by atoms with E-state index in [4.69, 9.17) is 0 Å². The molecule has 3 nitrogen and oxygen atoms in total. The zero-order valence-electron chi connectivity index (χ0n) is 13.0. The second-order valence-corrected chi connectivity index (χ2v) is 7.50. The van der Waals surface area contributed by atoms with E-state index >= 15 is 0 Å². The van der Waals surface area contributed by atoms with Gasteiger partial charge >= 0.3 is 0 Å². The lowest BCUT2D eigenvalue weighted by molar-refractivity contribution is 0.302. The van der Waals surface area contributed by atoms with E-state index in [-0.39, 0.29) is 11.5 Å². The molecular formula is C17H22N2OS. The van der Waals surface area contributed by atoms with Crippen LogP contribution < -0.4 is 4.72 Å². The van der Waals surface area contributed by atoms with Gasteiger partial charge in [-0.05, 0) is 36.6 Å². The zero-order chi connectivity index (χ0) is 15.5. The lowest BCUT2D eigenvalue weighted by Gasteiger charge is -2.30. The predicted molar refractivity (Wildman–Crippen MR) is 87.2 cm³/mol.